The number of aromatic nitrogens is 1. The van der Waals surface area contributed by atoms with Gasteiger partial charge in [-0.2, -0.15) is 5.26 Å². The predicted octanol–water partition coefficient (Wildman–Crippen LogP) is 5.25. The minimum atomic E-state index is 0.114. The van der Waals surface area contributed by atoms with Crippen LogP contribution in [0.15, 0.2) is 54.7 Å². The third-order valence-corrected chi connectivity index (χ3v) is 5.10. The Bertz CT molecular complexity index is 1110. The summed E-state index contributed by atoms with van der Waals surface area (Å²) in [5.41, 5.74) is 4.38. The van der Waals surface area contributed by atoms with Crippen LogP contribution in [0.1, 0.15) is 52.4 Å². The standard InChI is InChI=1S/C25H22N2O3/c1-2-3-21-23(9-8-20-22(28)11-13-29-25(20)21)30-24-15-19(10-12-27-24)14-17-4-6-18(16-26)7-5-17/h4-10,12,15H,2-3,11,13-14H2,1H3. The van der Waals surface area contributed by atoms with Gasteiger partial charge in [-0.15, -0.1) is 0 Å². The summed E-state index contributed by atoms with van der Waals surface area (Å²) in [5, 5.41) is 8.94. The van der Waals surface area contributed by atoms with E-state index in [0.717, 1.165) is 29.5 Å². The summed E-state index contributed by atoms with van der Waals surface area (Å²) >= 11 is 0. The smallest absolute Gasteiger partial charge is 0.219 e. The van der Waals surface area contributed by atoms with Gasteiger partial charge in [0, 0.05) is 24.2 Å². The van der Waals surface area contributed by atoms with Crippen LogP contribution in [-0.2, 0) is 12.8 Å². The summed E-state index contributed by atoms with van der Waals surface area (Å²) < 4.78 is 12.0. The Morgan fingerprint density at radius 2 is 1.97 bits per heavy atom. The van der Waals surface area contributed by atoms with Crippen molar-refractivity contribution in [2.45, 2.75) is 32.6 Å². The molecule has 1 aromatic heterocycles. The molecular weight excluding hydrogens is 376 g/mol. The van der Waals surface area contributed by atoms with Crippen molar-refractivity contribution < 1.29 is 14.3 Å². The van der Waals surface area contributed by atoms with E-state index in [1.807, 2.05) is 42.5 Å². The molecule has 0 saturated carbocycles. The first kappa shape index (κ1) is 19.7. The van der Waals surface area contributed by atoms with Crippen molar-refractivity contribution >= 4 is 5.78 Å². The Balaban J connectivity index is 1.59. The highest BCUT2D eigenvalue weighted by Crippen LogP contribution is 2.38. The first-order valence-electron chi connectivity index (χ1n) is 10.1. The topological polar surface area (TPSA) is 72.2 Å². The number of pyridine rings is 1. The Morgan fingerprint density at radius 3 is 2.73 bits per heavy atom. The van der Waals surface area contributed by atoms with E-state index < -0.39 is 0 Å². The molecule has 150 valence electrons. The molecule has 0 spiro atoms. The number of ether oxygens (including phenoxy) is 2. The van der Waals surface area contributed by atoms with Gasteiger partial charge in [-0.25, -0.2) is 4.98 Å². The van der Waals surface area contributed by atoms with Gasteiger partial charge < -0.3 is 9.47 Å². The van der Waals surface area contributed by atoms with E-state index in [0.29, 0.717) is 48.0 Å². The number of carbonyl (C=O) groups excluding carboxylic acids is 1. The van der Waals surface area contributed by atoms with Crippen molar-refractivity contribution in [3.63, 3.8) is 0 Å². The van der Waals surface area contributed by atoms with Crippen LogP contribution in [0, 0.1) is 11.3 Å². The number of fused-ring (bicyclic) bond motifs is 1. The van der Waals surface area contributed by atoms with Gasteiger partial charge in [-0.05, 0) is 54.3 Å². The van der Waals surface area contributed by atoms with Crippen LogP contribution in [0.3, 0.4) is 0 Å². The molecule has 0 fully saturated rings. The number of rotatable bonds is 6. The first-order chi connectivity index (χ1) is 14.7. The van der Waals surface area contributed by atoms with Crippen molar-refractivity contribution in [2.75, 3.05) is 6.61 Å². The van der Waals surface area contributed by atoms with Crippen molar-refractivity contribution in [3.8, 4) is 23.4 Å². The molecule has 0 amide bonds. The molecule has 1 aliphatic heterocycles. The van der Waals surface area contributed by atoms with Crippen LogP contribution < -0.4 is 9.47 Å². The fourth-order valence-corrected chi connectivity index (χ4v) is 3.62. The van der Waals surface area contributed by atoms with Crippen molar-refractivity contribution in [3.05, 3.63) is 82.5 Å². The van der Waals surface area contributed by atoms with E-state index in [4.69, 9.17) is 14.7 Å². The van der Waals surface area contributed by atoms with Gasteiger partial charge >= 0.3 is 0 Å². The third-order valence-electron chi connectivity index (χ3n) is 5.10. The van der Waals surface area contributed by atoms with E-state index in [1.165, 1.54) is 0 Å². The normalized spacial score (nSPS) is 12.6. The second-order valence-corrected chi connectivity index (χ2v) is 7.28. The van der Waals surface area contributed by atoms with Crippen molar-refractivity contribution in [1.82, 2.24) is 4.98 Å². The van der Waals surface area contributed by atoms with E-state index in [1.54, 1.807) is 12.3 Å². The number of Topliss-reactive ketones (excluding diaryl/α,β-unsaturated/α-hetero) is 1. The molecule has 0 unspecified atom stereocenters. The van der Waals surface area contributed by atoms with Crippen LogP contribution >= 0.6 is 0 Å². The lowest BCUT2D eigenvalue weighted by Crippen LogP contribution is -2.17. The molecule has 0 saturated heterocycles. The maximum absolute atomic E-state index is 12.2. The van der Waals surface area contributed by atoms with Crippen molar-refractivity contribution in [2.24, 2.45) is 0 Å². The van der Waals surface area contributed by atoms with E-state index in [2.05, 4.69) is 18.0 Å². The number of benzene rings is 2. The monoisotopic (exact) mass is 398 g/mol. The average Bonchev–Trinajstić information content (AvgIpc) is 2.76. The number of ketones is 1. The van der Waals surface area contributed by atoms with Crippen LogP contribution in [0.4, 0.5) is 0 Å². The highest BCUT2D eigenvalue weighted by molar-refractivity contribution is 6.00. The predicted molar refractivity (Wildman–Crippen MR) is 113 cm³/mol. The van der Waals surface area contributed by atoms with Crippen molar-refractivity contribution in [1.29, 1.82) is 5.26 Å². The van der Waals surface area contributed by atoms with Gasteiger partial charge in [0.15, 0.2) is 5.78 Å². The van der Waals surface area contributed by atoms with Gasteiger partial charge in [0.2, 0.25) is 5.88 Å². The Morgan fingerprint density at radius 1 is 1.13 bits per heavy atom. The van der Waals surface area contributed by atoms with Gasteiger partial charge in [0.05, 0.1) is 23.8 Å². The molecular formula is C25H22N2O3. The zero-order valence-electron chi connectivity index (χ0n) is 16.9. The average molecular weight is 398 g/mol. The summed E-state index contributed by atoms with van der Waals surface area (Å²) in [7, 11) is 0. The second kappa shape index (κ2) is 8.79. The number of hydrogen-bond donors (Lipinski definition) is 0. The van der Waals surface area contributed by atoms with E-state index >= 15 is 0 Å². The lowest BCUT2D eigenvalue weighted by Gasteiger charge is -2.21. The van der Waals surface area contributed by atoms with Crippen LogP contribution in [0.25, 0.3) is 0 Å². The maximum atomic E-state index is 12.2. The zero-order valence-corrected chi connectivity index (χ0v) is 16.9. The molecule has 0 atom stereocenters. The summed E-state index contributed by atoms with van der Waals surface area (Å²) in [4.78, 5) is 16.6. The zero-order chi connectivity index (χ0) is 20.9. The lowest BCUT2D eigenvalue weighted by molar-refractivity contribution is 0.0932. The quantitative estimate of drug-likeness (QED) is 0.567. The molecule has 4 rings (SSSR count). The number of nitrogens with zero attached hydrogens (tertiary/aromatic N) is 2. The lowest BCUT2D eigenvalue weighted by atomic mass is 9.98. The van der Waals surface area contributed by atoms with Gasteiger partial charge in [-0.3, -0.25) is 4.79 Å². The molecule has 0 N–H and O–H groups in total. The number of nitriles is 1. The minimum Gasteiger partial charge on any atom is -0.492 e. The molecule has 1 aliphatic rings. The summed E-state index contributed by atoms with van der Waals surface area (Å²) in [5.74, 6) is 1.94. The van der Waals surface area contributed by atoms with Gasteiger partial charge in [0.25, 0.3) is 0 Å². The summed E-state index contributed by atoms with van der Waals surface area (Å²) in [6.45, 7) is 2.49. The number of hydrogen-bond acceptors (Lipinski definition) is 5. The Kier molecular flexibility index (Phi) is 5.76. The van der Waals surface area contributed by atoms with Crippen LogP contribution in [-0.4, -0.2) is 17.4 Å². The molecule has 3 aromatic rings. The number of carbonyl (C=O) groups is 1. The first-order valence-corrected chi connectivity index (χ1v) is 10.1. The molecule has 0 bridgehead atoms. The summed E-state index contributed by atoms with van der Waals surface area (Å²) in [6.07, 6.45) is 4.53. The van der Waals surface area contributed by atoms with E-state index in [9.17, 15) is 4.79 Å². The molecule has 0 radical (unpaired) electrons. The molecule has 5 nitrogen and oxygen atoms in total. The third kappa shape index (κ3) is 4.18. The Labute approximate surface area is 175 Å². The second-order valence-electron chi connectivity index (χ2n) is 7.28. The highest BCUT2D eigenvalue weighted by Gasteiger charge is 2.24. The van der Waals surface area contributed by atoms with E-state index in [-0.39, 0.29) is 5.78 Å². The summed E-state index contributed by atoms with van der Waals surface area (Å²) in [6, 6.07) is 17.2. The SMILES string of the molecule is CCCc1c(Oc2cc(Cc3ccc(C#N)cc3)ccn2)ccc2c1OCCC2=O. The molecule has 2 heterocycles. The van der Waals surface area contributed by atoms with Crippen LogP contribution in [0.5, 0.6) is 17.4 Å². The maximum Gasteiger partial charge on any atom is 0.219 e. The minimum absolute atomic E-state index is 0.114. The largest absolute Gasteiger partial charge is 0.492 e. The van der Waals surface area contributed by atoms with Crippen LogP contribution in [0.2, 0.25) is 0 Å². The molecule has 5 heteroatoms. The molecule has 2 aromatic carbocycles. The van der Waals surface area contributed by atoms with Gasteiger partial charge in [-0.1, -0.05) is 25.5 Å². The molecule has 0 aliphatic carbocycles. The highest BCUT2D eigenvalue weighted by atomic mass is 16.5. The molecule has 30 heavy (non-hydrogen) atoms. The fraction of sp³-hybridized carbons (Fsp3) is 0.240. The Hall–Kier alpha value is -3.65. The fourth-order valence-electron chi connectivity index (χ4n) is 3.62. The van der Waals surface area contributed by atoms with Gasteiger partial charge in [0.1, 0.15) is 11.5 Å².